The molecule has 142 valence electrons. The van der Waals surface area contributed by atoms with Crippen molar-refractivity contribution in [3.63, 3.8) is 0 Å². The summed E-state index contributed by atoms with van der Waals surface area (Å²) >= 11 is 0. The zero-order valence-corrected chi connectivity index (χ0v) is 15.9. The van der Waals surface area contributed by atoms with Crippen molar-refractivity contribution < 1.29 is 4.39 Å². The largest absolute Gasteiger partial charge is 0.390 e. The minimum Gasteiger partial charge on any atom is -0.390 e. The predicted octanol–water partition coefficient (Wildman–Crippen LogP) is 1.55. The molecule has 1 heterocycles. The van der Waals surface area contributed by atoms with Gasteiger partial charge in [0.1, 0.15) is 5.82 Å². The Morgan fingerprint density at radius 2 is 1.88 bits per heavy atom. The van der Waals surface area contributed by atoms with Crippen LogP contribution in [0.5, 0.6) is 0 Å². The van der Waals surface area contributed by atoms with E-state index < -0.39 is 0 Å². The Kier molecular flexibility index (Phi) is 7.66. The van der Waals surface area contributed by atoms with Crippen LogP contribution in [-0.4, -0.2) is 40.9 Å². The zero-order valence-electron chi connectivity index (χ0n) is 15.9. The third-order valence-corrected chi connectivity index (χ3v) is 4.39. The average Bonchev–Trinajstić information content (AvgIpc) is 2.95. The van der Waals surface area contributed by atoms with Gasteiger partial charge in [-0.15, -0.1) is 0 Å². The molecule has 0 aliphatic rings. The molecule has 0 amide bonds. The Morgan fingerprint density at radius 3 is 2.50 bits per heavy atom. The lowest BCUT2D eigenvalue weighted by Gasteiger charge is -2.17. The van der Waals surface area contributed by atoms with Gasteiger partial charge in [-0.25, -0.2) is 9.07 Å². The van der Waals surface area contributed by atoms with Crippen LogP contribution in [0.1, 0.15) is 33.6 Å². The van der Waals surface area contributed by atoms with Gasteiger partial charge in [-0.3, -0.25) is 9.89 Å². The summed E-state index contributed by atoms with van der Waals surface area (Å²) in [5.74, 6) is -0.324. The maximum Gasteiger partial charge on any atom is 0.280 e. The summed E-state index contributed by atoms with van der Waals surface area (Å²) in [7, 11) is 0. The van der Waals surface area contributed by atoms with Crippen LogP contribution < -0.4 is 21.4 Å². The highest BCUT2D eigenvalue weighted by Crippen LogP contribution is 2.04. The molecule has 0 spiro atoms. The van der Waals surface area contributed by atoms with Gasteiger partial charge < -0.3 is 10.2 Å². The summed E-state index contributed by atoms with van der Waals surface area (Å²) in [6.45, 7) is 10.3. The first-order chi connectivity index (χ1) is 12.6. The molecule has 0 fully saturated rings. The second kappa shape index (κ2) is 9.97. The number of halogens is 1. The minimum atomic E-state index is -0.324. The SMILES string of the molecule is CCC=c1[nH]n(-c2ccc(F)cc2)c(=O)c1=CNCCCN(CC)CC. The fourth-order valence-corrected chi connectivity index (χ4v) is 2.86. The van der Waals surface area contributed by atoms with Crippen LogP contribution in [0.2, 0.25) is 0 Å². The number of nitrogens with zero attached hydrogens (tertiary/aromatic N) is 2. The molecular weight excluding hydrogens is 331 g/mol. The van der Waals surface area contributed by atoms with Crippen molar-refractivity contribution in [3.8, 4) is 5.69 Å². The van der Waals surface area contributed by atoms with Crippen molar-refractivity contribution in [1.82, 2.24) is 20.0 Å². The normalized spacial score (nSPS) is 13.0. The van der Waals surface area contributed by atoms with E-state index in [2.05, 4.69) is 29.2 Å². The zero-order chi connectivity index (χ0) is 18.9. The predicted molar refractivity (Wildman–Crippen MR) is 105 cm³/mol. The molecule has 0 saturated heterocycles. The van der Waals surface area contributed by atoms with Gasteiger partial charge in [0.15, 0.2) is 0 Å². The highest BCUT2D eigenvalue weighted by Gasteiger charge is 2.05. The Bertz CT molecular complexity index is 847. The summed E-state index contributed by atoms with van der Waals surface area (Å²) in [6.07, 6.45) is 5.58. The van der Waals surface area contributed by atoms with Gasteiger partial charge in [0.05, 0.1) is 16.3 Å². The van der Waals surface area contributed by atoms with E-state index in [4.69, 9.17) is 0 Å². The first-order valence-electron chi connectivity index (χ1n) is 9.33. The van der Waals surface area contributed by atoms with E-state index in [1.54, 1.807) is 18.3 Å². The standard InChI is InChI=1S/C20H29FN4O/c1-4-8-19-18(15-22-13-7-14-24(5-2)6-3)20(26)25(23-19)17-11-9-16(21)10-12-17/h8-12,15,22-23H,4-7,13-14H2,1-3H3. The van der Waals surface area contributed by atoms with Gasteiger partial charge in [0, 0.05) is 12.7 Å². The smallest absolute Gasteiger partial charge is 0.280 e. The maximum absolute atomic E-state index is 13.1. The van der Waals surface area contributed by atoms with E-state index in [1.807, 2.05) is 13.0 Å². The monoisotopic (exact) mass is 360 g/mol. The molecule has 0 unspecified atom stereocenters. The van der Waals surface area contributed by atoms with Crippen molar-refractivity contribution in [2.75, 3.05) is 26.2 Å². The van der Waals surface area contributed by atoms with Crippen LogP contribution in [-0.2, 0) is 0 Å². The number of hydrogen-bond acceptors (Lipinski definition) is 3. The summed E-state index contributed by atoms with van der Waals surface area (Å²) in [6, 6.07) is 5.87. The number of aromatic amines is 1. The van der Waals surface area contributed by atoms with Crippen LogP contribution in [0.3, 0.4) is 0 Å². The molecule has 0 saturated carbocycles. The van der Waals surface area contributed by atoms with Crippen molar-refractivity contribution in [2.45, 2.75) is 33.6 Å². The van der Waals surface area contributed by atoms with E-state index in [9.17, 15) is 9.18 Å². The van der Waals surface area contributed by atoms with Crippen LogP contribution in [0.15, 0.2) is 29.1 Å². The van der Waals surface area contributed by atoms with Crippen LogP contribution >= 0.6 is 0 Å². The molecular formula is C20H29FN4O. The molecule has 5 nitrogen and oxygen atoms in total. The van der Waals surface area contributed by atoms with E-state index in [1.165, 1.54) is 16.8 Å². The lowest BCUT2D eigenvalue weighted by Crippen LogP contribution is -2.37. The molecule has 0 radical (unpaired) electrons. The fourth-order valence-electron chi connectivity index (χ4n) is 2.86. The third kappa shape index (κ3) is 5.08. The number of hydrogen-bond donors (Lipinski definition) is 2. The Hall–Kier alpha value is -2.34. The Morgan fingerprint density at radius 1 is 1.19 bits per heavy atom. The van der Waals surface area contributed by atoms with E-state index >= 15 is 0 Å². The highest BCUT2D eigenvalue weighted by molar-refractivity contribution is 5.33. The lowest BCUT2D eigenvalue weighted by atomic mass is 10.3. The molecule has 0 atom stereocenters. The molecule has 26 heavy (non-hydrogen) atoms. The summed E-state index contributed by atoms with van der Waals surface area (Å²) in [5, 5.41) is 7.74. The summed E-state index contributed by atoms with van der Waals surface area (Å²) in [5.41, 5.74) is 0.468. The van der Waals surface area contributed by atoms with Crippen molar-refractivity contribution >= 4 is 12.3 Å². The second-order valence-corrected chi connectivity index (χ2v) is 6.15. The molecule has 6 heteroatoms. The summed E-state index contributed by atoms with van der Waals surface area (Å²) < 4.78 is 14.6. The molecule has 2 N–H and O–H groups in total. The van der Waals surface area contributed by atoms with E-state index in [0.717, 1.165) is 44.4 Å². The number of nitrogens with one attached hydrogen (secondary N) is 2. The second-order valence-electron chi connectivity index (χ2n) is 6.15. The van der Waals surface area contributed by atoms with Crippen LogP contribution in [0.25, 0.3) is 18.0 Å². The molecule has 2 aromatic rings. The van der Waals surface area contributed by atoms with Gasteiger partial charge in [0.25, 0.3) is 5.56 Å². The van der Waals surface area contributed by atoms with Crippen LogP contribution in [0.4, 0.5) is 4.39 Å². The number of H-pyrrole nitrogens is 1. The van der Waals surface area contributed by atoms with Crippen molar-refractivity contribution in [1.29, 1.82) is 0 Å². The van der Waals surface area contributed by atoms with Gasteiger partial charge in [-0.05, 0) is 56.7 Å². The Balaban J connectivity index is 2.20. The lowest BCUT2D eigenvalue weighted by molar-refractivity contribution is 0.300. The number of rotatable bonds is 9. The van der Waals surface area contributed by atoms with Gasteiger partial charge in [-0.2, -0.15) is 0 Å². The molecule has 2 rings (SSSR count). The highest BCUT2D eigenvalue weighted by atomic mass is 19.1. The van der Waals surface area contributed by atoms with Crippen molar-refractivity contribution in [2.24, 2.45) is 0 Å². The molecule has 0 aliphatic carbocycles. The van der Waals surface area contributed by atoms with Gasteiger partial charge >= 0.3 is 0 Å². The molecule has 0 aliphatic heterocycles. The topological polar surface area (TPSA) is 53.1 Å². The molecule has 1 aromatic carbocycles. The van der Waals surface area contributed by atoms with Gasteiger partial charge in [0.2, 0.25) is 0 Å². The molecule has 0 bridgehead atoms. The van der Waals surface area contributed by atoms with Crippen molar-refractivity contribution in [3.05, 3.63) is 51.0 Å². The minimum absolute atomic E-state index is 0.146. The van der Waals surface area contributed by atoms with Gasteiger partial charge in [-0.1, -0.05) is 26.8 Å². The fraction of sp³-hybridized carbons (Fsp3) is 0.450. The first-order valence-corrected chi connectivity index (χ1v) is 9.33. The van der Waals surface area contributed by atoms with E-state index in [0.29, 0.717) is 10.9 Å². The third-order valence-electron chi connectivity index (χ3n) is 4.39. The van der Waals surface area contributed by atoms with Crippen LogP contribution in [0, 0.1) is 5.82 Å². The number of benzene rings is 1. The Labute approximate surface area is 153 Å². The average molecular weight is 360 g/mol. The first kappa shape index (κ1) is 20.0. The van der Waals surface area contributed by atoms with E-state index in [-0.39, 0.29) is 11.4 Å². The maximum atomic E-state index is 13.1. The molecule has 1 aromatic heterocycles. The summed E-state index contributed by atoms with van der Waals surface area (Å²) in [4.78, 5) is 15.1. The number of aromatic nitrogens is 2. The quantitative estimate of drug-likeness (QED) is 0.667.